The lowest BCUT2D eigenvalue weighted by Gasteiger charge is -2.12. The number of thioether (sulfide) groups is 1. The summed E-state index contributed by atoms with van der Waals surface area (Å²) < 4.78 is 0. The molecule has 0 spiro atoms. The van der Waals surface area contributed by atoms with Gasteiger partial charge in [0.1, 0.15) is 0 Å². The van der Waals surface area contributed by atoms with Gasteiger partial charge in [-0.05, 0) is 25.5 Å². The number of para-hydroxylation sites is 1. The first-order chi connectivity index (χ1) is 8.70. The third kappa shape index (κ3) is 3.23. The third-order valence-corrected chi connectivity index (χ3v) is 4.58. The number of hydrogen-bond acceptors (Lipinski definition) is 4. The van der Waals surface area contributed by atoms with E-state index in [1.807, 2.05) is 23.9 Å². The lowest BCUT2D eigenvalue weighted by molar-refractivity contribution is -0.385. The van der Waals surface area contributed by atoms with Crippen LogP contribution in [0, 0.1) is 10.1 Å². The summed E-state index contributed by atoms with van der Waals surface area (Å²) in [6, 6.07) is 7.45. The summed E-state index contributed by atoms with van der Waals surface area (Å²) in [5.41, 5.74) is 0.986. The second kappa shape index (κ2) is 6.20. The predicted molar refractivity (Wildman–Crippen MR) is 74.9 cm³/mol. The van der Waals surface area contributed by atoms with E-state index >= 15 is 0 Å². The fraction of sp³-hybridized carbons (Fsp3) is 0.538. The zero-order valence-corrected chi connectivity index (χ0v) is 11.3. The van der Waals surface area contributed by atoms with E-state index in [-0.39, 0.29) is 10.6 Å². The predicted octanol–water partition coefficient (Wildman–Crippen LogP) is 2.97. The molecular weight excluding hydrogens is 248 g/mol. The van der Waals surface area contributed by atoms with Gasteiger partial charge in [0.15, 0.2) is 0 Å². The summed E-state index contributed by atoms with van der Waals surface area (Å²) in [4.78, 5) is 10.6. The average Bonchev–Trinajstić information content (AvgIpc) is 2.84. The molecular formula is C13H18N2O2S. The lowest BCUT2D eigenvalue weighted by Crippen LogP contribution is -2.26. The minimum Gasteiger partial charge on any atom is -0.310 e. The zero-order chi connectivity index (χ0) is 13.0. The molecule has 0 saturated heterocycles. The molecule has 2 atom stereocenters. The molecule has 5 heteroatoms. The van der Waals surface area contributed by atoms with Gasteiger partial charge in [0.05, 0.1) is 4.92 Å². The van der Waals surface area contributed by atoms with Crippen LogP contribution in [-0.2, 0) is 6.54 Å². The maximum Gasteiger partial charge on any atom is 0.273 e. The summed E-state index contributed by atoms with van der Waals surface area (Å²) in [6.45, 7) is 0.586. The molecule has 1 saturated carbocycles. The van der Waals surface area contributed by atoms with Gasteiger partial charge in [-0.3, -0.25) is 10.1 Å². The first-order valence-electron chi connectivity index (χ1n) is 6.19. The molecule has 0 aliphatic heterocycles. The monoisotopic (exact) mass is 266 g/mol. The van der Waals surface area contributed by atoms with E-state index in [2.05, 4.69) is 11.6 Å². The van der Waals surface area contributed by atoms with Gasteiger partial charge < -0.3 is 5.32 Å². The summed E-state index contributed by atoms with van der Waals surface area (Å²) >= 11 is 1.92. The van der Waals surface area contributed by atoms with E-state index in [0.29, 0.717) is 12.6 Å². The molecule has 0 bridgehead atoms. The number of nitrogens with one attached hydrogen (secondary N) is 1. The van der Waals surface area contributed by atoms with Crippen molar-refractivity contribution in [2.75, 3.05) is 6.26 Å². The van der Waals surface area contributed by atoms with Crippen molar-refractivity contribution in [3.05, 3.63) is 39.9 Å². The summed E-state index contributed by atoms with van der Waals surface area (Å²) in [5, 5.41) is 15.1. The molecule has 1 fully saturated rings. The molecule has 0 amide bonds. The standard InChI is InChI=1S/C13H18N2O2S/c1-18-12-7-6-11(8-12)14-9-10-4-2-3-5-13(10)15(16)17/h2-5,11-12,14H,6-9H2,1H3. The second-order valence-electron chi connectivity index (χ2n) is 4.63. The van der Waals surface area contributed by atoms with E-state index in [1.165, 1.54) is 19.3 Å². The van der Waals surface area contributed by atoms with E-state index in [0.717, 1.165) is 10.8 Å². The van der Waals surface area contributed by atoms with Crippen LogP contribution in [0.25, 0.3) is 0 Å². The smallest absolute Gasteiger partial charge is 0.273 e. The van der Waals surface area contributed by atoms with Crippen LogP contribution in [0.4, 0.5) is 5.69 Å². The minimum absolute atomic E-state index is 0.212. The molecule has 0 radical (unpaired) electrons. The van der Waals surface area contributed by atoms with Crippen molar-refractivity contribution in [1.82, 2.24) is 5.32 Å². The quantitative estimate of drug-likeness (QED) is 0.657. The minimum atomic E-state index is -0.309. The Labute approximate surface area is 111 Å². The number of rotatable bonds is 5. The normalized spacial score (nSPS) is 23.2. The number of nitro groups is 1. The Kier molecular flexibility index (Phi) is 4.60. The molecule has 18 heavy (non-hydrogen) atoms. The Hall–Kier alpha value is -1.07. The fourth-order valence-corrected chi connectivity index (χ4v) is 3.23. The maximum atomic E-state index is 10.9. The van der Waals surface area contributed by atoms with Crippen molar-refractivity contribution >= 4 is 17.4 Å². The summed E-state index contributed by atoms with van der Waals surface area (Å²) in [7, 11) is 0. The van der Waals surface area contributed by atoms with Gasteiger partial charge in [0.25, 0.3) is 5.69 Å². The number of hydrogen-bond donors (Lipinski definition) is 1. The van der Waals surface area contributed by atoms with Gasteiger partial charge in [-0.15, -0.1) is 0 Å². The molecule has 1 N–H and O–H groups in total. The number of nitrogens with zero attached hydrogens (tertiary/aromatic N) is 1. The Morgan fingerprint density at radius 1 is 1.44 bits per heavy atom. The molecule has 2 rings (SSSR count). The largest absolute Gasteiger partial charge is 0.310 e. The topological polar surface area (TPSA) is 55.2 Å². The summed E-state index contributed by atoms with van der Waals surface area (Å²) in [6.07, 6.45) is 5.73. The molecule has 1 aromatic rings. The van der Waals surface area contributed by atoms with Gasteiger partial charge in [-0.1, -0.05) is 18.2 Å². The van der Waals surface area contributed by atoms with Crippen molar-refractivity contribution in [2.24, 2.45) is 0 Å². The SMILES string of the molecule is CSC1CCC(NCc2ccccc2[N+](=O)[O-])C1. The molecule has 0 heterocycles. The molecule has 1 aliphatic rings. The van der Waals surface area contributed by atoms with E-state index in [9.17, 15) is 10.1 Å². The maximum absolute atomic E-state index is 10.9. The zero-order valence-electron chi connectivity index (χ0n) is 10.5. The van der Waals surface area contributed by atoms with Crippen molar-refractivity contribution in [3.8, 4) is 0 Å². The van der Waals surface area contributed by atoms with Crippen molar-refractivity contribution < 1.29 is 4.92 Å². The molecule has 1 aromatic carbocycles. The van der Waals surface area contributed by atoms with Crippen molar-refractivity contribution in [1.29, 1.82) is 0 Å². The Morgan fingerprint density at radius 3 is 2.89 bits per heavy atom. The van der Waals surface area contributed by atoms with Crippen LogP contribution in [0.3, 0.4) is 0 Å². The molecule has 0 aromatic heterocycles. The van der Waals surface area contributed by atoms with Crippen molar-refractivity contribution in [3.63, 3.8) is 0 Å². The average molecular weight is 266 g/mol. The van der Waals surface area contributed by atoms with Crippen LogP contribution in [0.1, 0.15) is 24.8 Å². The highest BCUT2D eigenvalue weighted by Crippen LogP contribution is 2.28. The Morgan fingerprint density at radius 2 is 2.22 bits per heavy atom. The van der Waals surface area contributed by atoms with Crippen LogP contribution < -0.4 is 5.32 Å². The van der Waals surface area contributed by atoms with Crippen LogP contribution in [-0.4, -0.2) is 22.5 Å². The number of nitro benzene ring substituents is 1. The molecule has 2 unspecified atom stereocenters. The van der Waals surface area contributed by atoms with Crippen LogP contribution in [0.15, 0.2) is 24.3 Å². The highest BCUT2D eigenvalue weighted by molar-refractivity contribution is 7.99. The van der Waals surface area contributed by atoms with Crippen LogP contribution >= 0.6 is 11.8 Å². The van der Waals surface area contributed by atoms with Crippen LogP contribution in [0.2, 0.25) is 0 Å². The van der Waals surface area contributed by atoms with Crippen LogP contribution in [0.5, 0.6) is 0 Å². The highest BCUT2D eigenvalue weighted by Gasteiger charge is 2.24. The van der Waals surface area contributed by atoms with Gasteiger partial charge in [0, 0.05) is 29.5 Å². The molecule has 1 aliphatic carbocycles. The Bertz CT molecular complexity index is 425. The van der Waals surface area contributed by atoms with E-state index < -0.39 is 0 Å². The first kappa shape index (κ1) is 13.4. The fourth-order valence-electron chi connectivity index (χ4n) is 2.43. The van der Waals surface area contributed by atoms with Gasteiger partial charge in [0.2, 0.25) is 0 Å². The molecule has 98 valence electrons. The number of benzene rings is 1. The third-order valence-electron chi connectivity index (χ3n) is 3.49. The second-order valence-corrected chi connectivity index (χ2v) is 5.77. The highest BCUT2D eigenvalue weighted by atomic mass is 32.2. The summed E-state index contributed by atoms with van der Waals surface area (Å²) in [5.74, 6) is 0. The van der Waals surface area contributed by atoms with Gasteiger partial charge in [-0.2, -0.15) is 11.8 Å². The lowest BCUT2D eigenvalue weighted by atomic mass is 10.1. The Balaban J connectivity index is 1.92. The van der Waals surface area contributed by atoms with E-state index in [4.69, 9.17) is 0 Å². The van der Waals surface area contributed by atoms with E-state index in [1.54, 1.807) is 12.1 Å². The first-order valence-corrected chi connectivity index (χ1v) is 7.48. The van der Waals surface area contributed by atoms with Gasteiger partial charge >= 0.3 is 0 Å². The van der Waals surface area contributed by atoms with Crippen molar-refractivity contribution in [2.45, 2.75) is 37.1 Å². The van der Waals surface area contributed by atoms with Gasteiger partial charge in [-0.25, -0.2) is 0 Å². The molecule has 4 nitrogen and oxygen atoms in total.